The molecule has 7 heteroatoms. The van der Waals surface area contributed by atoms with Crippen molar-refractivity contribution in [2.75, 3.05) is 13.2 Å². The summed E-state index contributed by atoms with van der Waals surface area (Å²) in [5, 5.41) is 12.6. The first-order valence-corrected chi connectivity index (χ1v) is 9.47. The summed E-state index contributed by atoms with van der Waals surface area (Å²) in [7, 11) is 0. The molecule has 1 aromatic heterocycles. The highest BCUT2D eigenvalue weighted by molar-refractivity contribution is 7.10. The third-order valence-electron chi connectivity index (χ3n) is 4.25. The molecule has 1 fully saturated rings. The lowest BCUT2D eigenvalue weighted by Gasteiger charge is -2.24. The van der Waals surface area contributed by atoms with Gasteiger partial charge in [0.1, 0.15) is 11.6 Å². The number of nitrogens with zero attached hydrogens (tertiary/aromatic N) is 1. The van der Waals surface area contributed by atoms with E-state index in [-0.39, 0.29) is 36.2 Å². The quantitative estimate of drug-likeness (QED) is 0.464. The second-order valence-electron chi connectivity index (χ2n) is 6.43. The molecule has 1 amide bonds. The van der Waals surface area contributed by atoms with Crippen molar-refractivity contribution in [2.24, 2.45) is 0 Å². The van der Waals surface area contributed by atoms with E-state index in [0.717, 1.165) is 4.88 Å². The highest BCUT2D eigenvalue weighted by Gasteiger charge is 2.46. The van der Waals surface area contributed by atoms with Crippen LogP contribution in [0.25, 0.3) is 5.76 Å². The summed E-state index contributed by atoms with van der Waals surface area (Å²) in [4.78, 5) is 27.5. The summed E-state index contributed by atoms with van der Waals surface area (Å²) in [5.74, 6) is -2.18. The van der Waals surface area contributed by atoms with Gasteiger partial charge in [-0.3, -0.25) is 9.59 Å². The summed E-state index contributed by atoms with van der Waals surface area (Å²) in [6, 6.07) is 8.10. The van der Waals surface area contributed by atoms with Crippen LogP contribution in [0.2, 0.25) is 0 Å². The van der Waals surface area contributed by atoms with Gasteiger partial charge < -0.3 is 14.7 Å². The fourth-order valence-electron chi connectivity index (χ4n) is 3.00. The van der Waals surface area contributed by atoms with Gasteiger partial charge in [0.2, 0.25) is 0 Å². The van der Waals surface area contributed by atoms with Crippen molar-refractivity contribution < 1.29 is 23.8 Å². The molecule has 27 heavy (non-hydrogen) atoms. The fraction of sp³-hybridized carbons (Fsp3) is 0.300. The van der Waals surface area contributed by atoms with E-state index in [4.69, 9.17) is 4.74 Å². The van der Waals surface area contributed by atoms with Crippen molar-refractivity contribution in [3.63, 3.8) is 0 Å². The number of ether oxygens (including phenoxy) is 1. The van der Waals surface area contributed by atoms with E-state index in [9.17, 15) is 19.1 Å². The van der Waals surface area contributed by atoms with Crippen molar-refractivity contribution in [3.05, 3.63) is 63.6 Å². The summed E-state index contributed by atoms with van der Waals surface area (Å²) < 4.78 is 18.7. The van der Waals surface area contributed by atoms with E-state index in [0.29, 0.717) is 0 Å². The molecule has 1 unspecified atom stereocenters. The molecule has 1 saturated heterocycles. The van der Waals surface area contributed by atoms with E-state index in [1.807, 2.05) is 31.4 Å². The van der Waals surface area contributed by atoms with Gasteiger partial charge >= 0.3 is 0 Å². The molecule has 2 aromatic rings. The van der Waals surface area contributed by atoms with E-state index < -0.39 is 23.5 Å². The zero-order valence-corrected chi connectivity index (χ0v) is 15.8. The van der Waals surface area contributed by atoms with Gasteiger partial charge in [0, 0.05) is 17.0 Å². The third-order valence-corrected chi connectivity index (χ3v) is 5.18. The Hall–Kier alpha value is -2.51. The highest BCUT2D eigenvalue weighted by atomic mass is 32.1. The largest absolute Gasteiger partial charge is 0.507 e. The summed E-state index contributed by atoms with van der Waals surface area (Å²) in [6.45, 7) is 4.29. The molecule has 1 aliphatic heterocycles. The number of ketones is 1. The van der Waals surface area contributed by atoms with Gasteiger partial charge in [-0.15, -0.1) is 11.3 Å². The molecule has 0 radical (unpaired) electrons. The number of amides is 1. The lowest BCUT2D eigenvalue weighted by atomic mass is 10.00. The van der Waals surface area contributed by atoms with Gasteiger partial charge in [-0.2, -0.15) is 0 Å². The molecule has 3 rings (SSSR count). The second-order valence-corrected chi connectivity index (χ2v) is 7.41. The standard InChI is InChI=1S/C20H20FNO4S/c1-12(2)26-10-9-22-17(15-4-3-11-27-15)16(19(24)20(22)25)18(23)13-5-7-14(21)8-6-13/h3-8,11-12,17,23H,9-10H2,1-2H3/b18-16-. The van der Waals surface area contributed by atoms with Gasteiger partial charge in [0.25, 0.3) is 11.7 Å². The number of halogens is 1. The maximum absolute atomic E-state index is 13.2. The molecule has 2 heterocycles. The minimum Gasteiger partial charge on any atom is -0.507 e. The molecule has 1 atom stereocenters. The Labute approximate surface area is 160 Å². The number of rotatable bonds is 6. The molecule has 0 saturated carbocycles. The molecule has 1 N–H and O–H groups in total. The fourth-order valence-corrected chi connectivity index (χ4v) is 3.85. The number of benzene rings is 1. The first-order valence-electron chi connectivity index (χ1n) is 8.59. The number of Topliss-reactive ketones (excluding diaryl/α,β-unsaturated/α-hetero) is 1. The number of aliphatic hydroxyl groups is 1. The molecule has 1 aromatic carbocycles. The van der Waals surface area contributed by atoms with Gasteiger partial charge in [0.15, 0.2) is 0 Å². The number of thiophene rings is 1. The minimum absolute atomic E-state index is 0.00113. The molecular weight excluding hydrogens is 369 g/mol. The summed E-state index contributed by atoms with van der Waals surface area (Å²) >= 11 is 1.39. The van der Waals surface area contributed by atoms with Crippen molar-refractivity contribution >= 4 is 28.8 Å². The van der Waals surface area contributed by atoms with Crippen molar-refractivity contribution in [1.82, 2.24) is 4.90 Å². The lowest BCUT2D eigenvalue weighted by Crippen LogP contribution is -2.33. The summed E-state index contributed by atoms with van der Waals surface area (Å²) in [5.41, 5.74) is 0.299. The Morgan fingerprint density at radius 2 is 1.96 bits per heavy atom. The van der Waals surface area contributed by atoms with Crippen molar-refractivity contribution in [2.45, 2.75) is 26.0 Å². The van der Waals surface area contributed by atoms with E-state index >= 15 is 0 Å². The molecule has 1 aliphatic rings. The minimum atomic E-state index is -0.750. The predicted octanol–water partition coefficient (Wildman–Crippen LogP) is 3.73. The number of carbonyl (C=O) groups is 2. The Morgan fingerprint density at radius 1 is 1.26 bits per heavy atom. The normalized spacial score (nSPS) is 19.3. The zero-order valence-electron chi connectivity index (χ0n) is 15.0. The molecule has 0 spiro atoms. The number of hydrogen-bond acceptors (Lipinski definition) is 5. The van der Waals surface area contributed by atoms with Crippen LogP contribution in [-0.4, -0.2) is 41.0 Å². The van der Waals surface area contributed by atoms with Crippen LogP contribution in [-0.2, 0) is 14.3 Å². The van der Waals surface area contributed by atoms with E-state index in [2.05, 4.69) is 0 Å². The topological polar surface area (TPSA) is 66.8 Å². The van der Waals surface area contributed by atoms with Crippen molar-refractivity contribution in [1.29, 1.82) is 0 Å². The zero-order chi connectivity index (χ0) is 19.6. The summed E-state index contributed by atoms with van der Waals surface area (Å²) in [6.07, 6.45) is 0.00113. The molecule has 142 valence electrons. The highest BCUT2D eigenvalue weighted by Crippen LogP contribution is 2.40. The maximum atomic E-state index is 13.2. The Kier molecular flexibility index (Phi) is 5.72. The SMILES string of the molecule is CC(C)OCCN1C(=O)C(=O)/C(=C(\O)c2ccc(F)cc2)C1c1cccs1. The van der Waals surface area contributed by atoms with Crippen LogP contribution < -0.4 is 0 Å². The van der Waals surface area contributed by atoms with Crippen molar-refractivity contribution in [3.8, 4) is 0 Å². The van der Waals surface area contributed by atoms with Gasteiger partial charge in [0.05, 0.1) is 24.3 Å². The average Bonchev–Trinajstić information content (AvgIpc) is 3.24. The Morgan fingerprint density at radius 3 is 2.56 bits per heavy atom. The lowest BCUT2D eigenvalue weighted by molar-refractivity contribution is -0.140. The van der Waals surface area contributed by atoms with E-state index in [1.54, 1.807) is 0 Å². The van der Waals surface area contributed by atoms with Crippen LogP contribution in [0, 0.1) is 5.82 Å². The average molecular weight is 389 g/mol. The Balaban J connectivity index is 2.03. The molecule has 0 aliphatic carbocycles. The molecule has 5 nitrogen and oxygen atoms in total. The number of carbonyl (C=O) groups excluding carboxylic acids is 2. The maximum Gasteiger partial charge on any atom is 0.295 e. The van der Waals surface area contributed by atoms with Crippen LogP contribution in [0.1, 0.15) is 30.3 Å². The van der Waals surface area contributed by atoms with Gasteiger partial charge in [-0.05, 0) is 49.6 Å². The van der Waals surface area contributed by atoms with Crippen LogP contribution in [0.15, 0.2) is 47.4 Å². The third kappa shape index (κ3) is 3.94. The predicted molar refractivity (Wildman–Crippen MR) is 101 cm³/mol. The van der Waals surface area contributed by atoms with Gasteiger partial charge in [-0.25, -0.2) is 4.39 Å². The van der Waals surface area contributed by atoms with E-state index in [1.165, 1.54) is 40.5 Å². The van der Waals surface area contributed by atoms with Crippen LogP contribution in [0.3, 0.4) is 0 Å². The van der Waals surface area contributed by atoms with Crippen LogP contribution in [0.5, 0.6) is 0 Å². The monoisotopic (exact) mass is 389 g/mol. The second kappa shape index (κ2) is 8.02. The number of likely N-dealkylation sites (tertiary alicyclic amines) is 1. The Bertz CT molecular complexity index is 859. The first kappa shape index (κ1) is 19.3. The van der Waals surface area contributed by atoms with Gasteiger partial charge in [-0.1, -0.05) is 6.07 Å². The molecular formula is C20H20FNO4S. The first-order chi connectivity index (χ1) is 12.9. The number of aliphatic hydroxyl groups excluding tert-OH is 1. The number of hydrogen-bond donors (Lipinski definition) is 1. The van der Waals surface area contributed by atoms with Crippen LogP contribution in [0.4, 0.5) is 4.39 Å². The smallest absolute Gasteiger partial charge is 0.295 e. The van der Waals surface area contributed by atoms with Crippen LogP contribution >= 0.6 is 11.3 Å². The molecule has 0 bridgehead atoms.